The molecular formula is C24H28F3N3O. The molecule has 2 fully saturated rings. The minimum absolute atomic E-state index is 0.202. The summed E-state index contributed by atoms with van der Waals surface area (Å²) in [5.74, 6) is 0.409. The van der Waals surface area contributed by atoms with Gasteiger partial charge in [0.05, 0.1) is 12.1 Å². The molecule has 0 radical (unpaired) electrons. The Hall–Kier alpha value is -2.41. The SMILES string of the molecule is O=C(CN1CCCC1)N1CCCC(c2ccc(Cc3cccc(C(F)(F)F)c3)cn2)C1. The largest absolute Gasteiger partial charge is 0.416 e. The maximum Gasteiger partial charge on any atom is 0.416 e. The van der Waals surface area contributed by atoms with Crippen LogP contribution in [0.5, 0.6) is 0 Å². The molecule has 166 valence electrons. The number of amides is 1. The predicted octanol–water partition coefficient (Wildman–Crippen LogP) is 4.49. The van der Waals surface area contributed by atoms with Gasteiger partial charge in [0.25, 0.3) is 0 Å². The van der Waals surface area contributed by atoms with Crippen LogP contribution in [0, 0.1) is 0 Å². The second-order valence-electron chi connectivity index (χ2n) is 8.63. The molecule has 0 saturated carbocycles. The molecule has 31 heavy (non-hydrogen) atoms. The molecule has 2 aliphatic rings. The predicted molar refractivity (Wildman–Crippen MR) is 113 cm³/mol. The molecular weight excluding hydrogens is 403 g/mol. The number of hydrogen-bond acceptors (Lipinski definition) is 3. The average Bonchev–Trinajstić information content (AvgIpc) is 3.27. The highest BCUT2D eigenvalue weighted by molar-refractivity contribution is 5.78. The smallest absolute Gasteiger partial charge is 0.341 e. The third kappa shape index (κ3) is 5.64. The van der Waals surface area contributed by atoms with Crippen LogP contribution in [-0.4, -0.2) is 53.4 Å². The van der Waals surface area contributed by atoms with Crippen LogP contribution in [0.4, 0.5) is 13.2 Å². The number of aromatic nitrogens is 1. The lowest BCUT2D eigenvalue weighted by atomic mass is 9.93. The zero-order chi connectivity index (χ0) is 21.8. The maximum absolute atomic E-state index is 12.9. The first-order chi connectivity index (χ1) is 14.9. The molecule has 7 heteroatoms. The maximum atomic E-state index is 12.9. The molecule has 0 bridgehead atoms. The first kappa shape index (κ1) is 21.8. The van der Waals surface area contributed by atoms with Crippen molar-refractivity contribution >= 4 is 5.91 Å². The molecule has 3 heterocycles. The third-order valence-electron chi connectivity index (χ3n) is 6.26. The molecule has 1 amide bonds. The van der Waals surface area contributed by atoms with E-state index in [1.165, 1.54) is 25.0 Å². The van der Waals surface area contributed by atoms with Crippen LogP contribution in [0.1, 0.15) is 54.0 Å². The van der Waals surface area contributed by atoms with Crippen molar-refractivity contribution < 1.29 is 18.0 Å². The first-order valence-corrected chi connectivity index (χ1v) is 11.0. The summed E-state index contributed by atoms with van der Waals surface area (Å²) in [4.78, 5) is 21.5. The van der Waals surface area contributed by atoms with Gasteiger partial charge in [-0.05, 0) is 68.5 Å². The molecule has 1 aromatic carbocycles. The van der Waals surface area contributed by atoms with E-state index in [0.29, 0.717) is 25.1 Å². The van der Waals surface area contributed by atoms with Crippen molar-refractivity contribution in [3.05, 3.63) is 65.0 Å². The number of piperidine rings is 1. The highest BCUT2D eigenvalue weighted by atomic mass is 19.4. The number of carbonyl (C=O) groups is 1. The molecule has 2 aromatic rings. The zero-order valence-corrected chi connectivity index (χ0v) is 17.6. The Balaban J connectivity index is 1.37. The lowest BCUT2D eigenvalue weighted by Crippen LogP contribution is -2.44. The van der Waals surface area contributed by atoms with Crippen LogP contribution >= 0.6 is 0 Å². The number of likely N-dealkylation sites (tertiary alicyclic amines) is 2. The van der Waals surface area contributed by atoms with Crippen LogP contribution in [-0.2, 0) is 17.4 Å². The average molecular weight is 432 g/mol. The molecule has 2 saturated heterocycles. The summed E-state index contributed by atoms with van der Waals surface area (Å²) >= 11 is 0. The van der Waals surface area contributed by atoms with Gasteiger partial charge < -0.3 is 4.90 Å². The third-order valence-corrected chi connectivity index (χ3v) is 6.26. The highest BCUT2D eigenvalue weighted by Crippen LogP contribution is 2.30. The quantitative estimate of drug-likeness (QED) is 0.700. The van der Waals surface area contributed by atoms with Crippen LogP contribution in [0.2, 0.25) is 0 Å². The molecule has 1 unspecified atom stereocenters. The Labute approximate surface area is 181 Å². The summed E-state index contributed by atoms with van der Waals surface area (Å²) in [5, 5.41) is 0. The fourth-order valence-electron chi connectivity index (χ4n) is 4.55. The Morgan fingerprint density at radius 2 is 1.84 bits per heavy atom. The van der Waals surface area contributed by atoms with Gasteiger partial charge in [0.2, 0.25) is 5.91 Å². The Morgan fingerprint density at radius 3 is 2.55 bits per heavy atom. The number of benzene rings is 1. The van der Waals surface area contributed by atoms with Crippen molar-refractivity contribution in [2.75, 3.05) is 32.7 Å². The van der Waals surface area contributed by atoms with E-state index in [0.717, 1.165) is 49.8 Å². The zero-order valence-electron chi connectivity index (χ0n) is 17.6. The van der Waals surface area contributed by atoms with E-state index >= 15 is 0 Å². The molecule has 0 aliphatic carbocycles. The fraction of sp³-hybridized carbons (Fsp3) is 0.500. The minimum Gasteiger partial charge on any atom is -0.341 e. The number of carbonyl (C=O) groups excluding carboxylic acids is 1. The van der Waals surface area contributed by atoms with Crippen LogP contribution in [0.15, 0.2) is 42.6 Å². The van der Waals surface area contributed by atoms with Gasteiger partial charge >= 0.3 is 6.18 Å². The van der Waals surface area contributed by atoms with Gasteiger partial charge in [0, 0.05) is 30.9 Å². The van der Waals surface area contributed by atoms with E-state index < -0.39 is 11.7 Å². The molecule has 2 aliphatic heterocycles. The molecule has 0 N–H and O–H groups in total. The molecule has 1 atom stereocenters. The van der Waals surface area contributed by atoms with Crippen molar-refractivity contribution in [3.8, 4) is 0 Å². The number of nitrogens with zero attached hydrogens (tertiary/aromatic N) is 3. The lowest BCUT2D eigenvalue weighted by molar-refractivity contribution is -0.137. The van der Waals surface area contributed by atoms with Gasteiger partial charge in [-0.2, -0.15) is 13.2 Å². The Bertz CT molecular complexity index is 892. The standard InChI is InChI=1S/C24H28F3N3O/c25-24(26,27)21-7-3-5-18(14-21)13-19-8-9-22(28-15-19)20-6-4-12-30(16-20)23(31)17-29-10-1-2-11-29/h3,5,7-9,14-15,20H,1-2,4,6,10-13,16-17H2. The van der Waals surface area contributed by atoms with E-state index in [4.69, 9.17) is 0 Å². The number of hydrogen-bond donors (Lipinski definition) is 0. The van der Waals surface area contributed by atoms with E-state index in [2.05, 4.69) is 9.88 Å². The summed E-state index contributed by atoms with van der Waals surface area (Å²) < 4.78 is 38.8. The van der Waals surface area contributed by atoms with Gasteiger partial charge in [-0.15, -0.1) is 0 Å². The van der Waals surface area contributed by atoms with Crippen molar-refractivity contribution in [3.63, 3.8) is 0 Å². The monoisotopic (exact) mass is 431 g/mol. The number of alkyl halides is 3. The molecule has 1 aromatic heterocycles. The first-order valence-electron chi connectivity index (χ1n) is 11.0. The normalized spacial score (nSPS) is 20.2. The Kier molecular flexibility index (Phi) is 6.60. The summed E-state index contributed by atoms with van der Waals surface area (Å²) in [7, 11) is 0. The van der Waals surface area contributed by atoms with Crippen LogP contribution in [0.25, 0.3) is 0 Å². The molecule has 0 spiro atoms. The van der Waals surface area contributed by atoms with Gasteiger partial charge in [-0.25, -0.2) is 0 Å². The molecule has 4 nitrogen and oxygen atoms in total. The van der Waals surface area contributed by atoms with E-state index in [9.17, 15) is 18.0 Å². The minimum atomic E-state index is -4.34. The van der Waals surface area contributed by atoms with E-state index in [-0.39, 0.29) is 11.8 Å². The number of halogens is 3. The highest BCUT2D eigenvalue weighted by Gasteiger charge is 2.30. The molecule has 4 rings (SSSR count). The van der Waals surface area contributed by atoms with Crippen molar-refractivity contribution in [2.45, 2.75) is 44.2 Å². The van der Waals surface area contributed by atoms with Gasteiger partial charge in [-0.3, -0.25) is 14.7 Å². The summed E-state index contributed by atoms with van der Waals surface area (Å²) in [6, 6.07) is 9.32. The number of rotatable bonds is 5. The van der Waals surface area contributed by atoms with E-state index in [1.807, 2.05) is 17.0 Å². The van der Waals surface area contributed by atoms with Gasteiger partial charge in [-0.1, -0.05) is 24.3 Å². The Morgan fingerprint density at radius 1 is 1.03 bits per heavy atom. The summed E-state index contributed by atoms with van der Waals surface area (Å²) in [6.45, 7) is 4.02. The topological polar surface area (TPSA) is 36.4 Å². The summed E-state index contributed by atoms with van der Waals surface area (Å²) in [6.07, 6.45) is 2.12. The van der Waals surface area contributed by atoms with Crippen LogP contribution in [0.3, 0.4) is 0 Å². The van der Waals surface area contributed by atoms with Crippen molar-refractivity contribution in [2.24, 2.45) is 0 Å². The second kappa shape index (κ2) is 9.39. The van der Waals surface area contributed by atoms with Crippen LogP contribution < -0.4 is 0 Å². The fourth-order valence-corrected chi connectivity index (χ4v) is 4.55. The van der Waals surface area contributed by atoms with Gasteiger partial charge in [0.1, 0.15) is 0 Å². The lowest BCUT2D eigenvalue weighted by Gasteiger charge is -2.33. The summed E-state index contributed by atoms with van der Waals surface area (Å²) in [5.41, 5.74) is 1.81. The second-order valence-corrected chi connectivity index (χ2v) is 8.63. The van der Waals surface area contributed by atoms with Crippen molar-refractivity contribution in [1.82, 2.24) is 14.8 Å². The van der Waals surface area contributed by atoms with Gasteiger partial charge in [0.15, 0.2) is 0 Å². The van der Waals surface area contributed by atoms with Crippen molar-refractivity contribution in [1.29, 1.82) is 0 Å². The van der Waals surface area contributed by atoms with E-state index in [1.54, 1.807) is 12.3 Å². The number of pyridine rings is 1.